The first-order valence-electron chi connectivity index (χ1n) is 7.82. The van der Waals surface area contributed by atoms with Gasteiger partial charge in [0, 0.05) is 10.8 Å². The molecule has 2 atom stereocenters. The van der Waals surface area contributed by atoms with Crippen LogP contribution < -0.4 is 5.32 Å². The van der Waals surface area contributed by atoms with Crippen molar-refractivity contribution in [2.24, 2.45) is 17.3 Å². The number of amides is 1. The van der Waals surface area contributed by atoms with E-state index in [0.29, 0.717) is 10.9 Å². The predicted molar refractivity (Wildman–Crippen MR) is 110 cm³/mol. The third-order valence-electron chi connectivity index (χ3n) is 4.44. The first-order valence-corrected chi connectivity index (χ1v) is 10.8. The molecule has 1 N–H and O–H groups in total. The lowest BCUT2D eigenvalue weighted by atomic mass is 10.1. The zero-order chi connectivity index (χ0) is 18.9. The number of benzene rings is 1. The van der Waals surface area contributed by atoms with Gasteiger partial charge in [0.05, 0.1) is 5.92 Å². The number of carbonyl (C=O) groups is 1. The highest BCUT2D eigenvalue weighted by Crippen LogP contribution is 2.60. The molecule has 1 heterocycles. The van der Waals surface area contributed by atoms with Gasteiger partial charge in [0.15, 0.2) is 4.34 Å². The van der Waals surface area contributed by atoms with Gasteiger partial charge >= 0.3 is 0 Å². The van der Waals surface area contributed by atoms with Crippen LogP contribution in [0.2, 0.25) is 5.02 Å². The maximum atomic E-state index is 12.5. The molecule has 1 saturated carbocycles. The topological polar surface area (TPSA) is 54.9 Å². The number of anilines is 1. The number of thioether (sulfide) groups is 1. The Labute approximate surface area is 175 Å². The summed E-state index contributed by atoms with van der Waals surface area (Å²) >= 11 is 20.5. The maximum Gasteiger partial charge on any atom is 0.230 e. The number of halogens is 3. The lowest BCUT2D eigenvalue weighted by Crippen LogP contribution is -2.16. The van der Waals surface area contributed by atoms with E-state index in [1.54, 1.807) is 6.08 Å². The highest BCUT2D eigenvalue weighted by Gasteiger charge is 2.60. The van der Waals surface area contributed by atoms with E-state index in [0.717, 1.165) is 14.9 Å². The fourth-order valence-corrected chi connectivity index (χ4v) is 5.19. The van der Waals surface area contributed by atoms with Gasteiger partial charge in [-0.1, -0.05) is 89.9 Å². The molecule has 0 unspecified atom stereocenters. The van der Waals surface area contributed by atoms with Gasteiger partial charge < -0.3 is 5.32 Å². The zero-order valence-corrected chi connectivity index (χ0v) is 17.9. The molecule has 1 fully saturated rings. The third-order valence-corrected chi connectivity index (χ3v) is 7.09. The van der Waals surface area contributed by atoms with E-state index in [1.165, 1.54) is 23.1 Å². The fourth-order valence-electron chi connectivity index (χ4n) is 2.88. The minimum absolute atomic E-state index is 0.0227. The molecule has 1 aliphatic rings. The maximum absolute atomic E-state index is 12.5. The van der Waals surface area contributed by atoms with Crippen molar-refractivity contribution in [2.75, 3.05) is 5.32 Å². The molecule has 2 aromatic rings. The van der Waals surface area contributed by atoms with Crippen LogP contribution in [0.15, 0.2) is 39.2 Å². The molecule has 26 heavy (non-hydrogen) atoms. The molecule has 1 aliphatic carbocycles. The summed E-state index contributed by atoms with van der Waals surface area (Å²) < 4.78 is 0.961. The van der Waals surface area contributed by atoms with E-state index in [2.05, 4.69) is 15.5 Å². The monoisotopic (exact) mass is 447 g/mol. The van der Waals surface area contributed by atoms with Crippen LogP contribution in [-0.4, -0.2) is 16.1 Å². The molecule has 0 spiro atoms. The average Bonchev–Trinajstić information content (AvgIpc) is 2.90. The van der Waals surface area contributed by atoms with Gasteiger partial charge in [0.2, 0.25) is 11.0 Å². The highest BCUT2D eigenvalue weighted by molar-refractivity contribution is 8.00. The van der Waals surface area contributed by atoms with Gasteiger partial charge in [-0.05, 0) is 29.0 Å². The van der Waals surface area contributed by atoms with Crippen molar-refractivity contribution in [1.29, 1.82) is 0 Å². The van der Waals surface area contributed by atoms with Crippen molar-refractivity contribution >= 4 is 68.9 Å². The average molecular weight is 449 g/mol. The largest absolute Gasteiger partial charge is 0.300 e. The third kappa shape index (κ3) is 4.54. The van der Waals surface area contributed by atoms with Crippen LogP contribution in [0, 0.1) is 17.3 Å². The first kappa shape index (κ1) is 20.0. The van der Waals surface area contributed by atoms with Crippen LogP contribution in [0.5, 0.6) is 0 Å². The Balaban J connectivity index is 1.58. The summed E-state index contributed by atoms with van der Waals surface area (Å²) in [5.41, 5.74) is 0.859. The quantitative estimate of drug-likeness (QED) is 0.434. The van der Waals surface area contributed by atoms with E-state index in [1.807, 2.05) is 38.1 Å². The van der Waals surface area contributed by atoms with Gasteiger partial charge in [-0.2, -0.15) is 0 Å². The number of aromatic nitrogens is 2. The van der Waals surface area contributed by atoms with E-state index >= 15 is 0 Å². The SMILES string of the molecule is CC1(C)[C@H](C=C(Cl)Cl)[C@H]1C(=O)Nc1nnc(SCc2ccccc2Cl)s1. The van der Waals surface area contributed by atoms with Gasteiger partial charge in [-0.15, -0.1) is 10.2 Å². The Morgan fingerprint density at radius 3 is 2.77 bits per heavy atom. The normalized spacial score (nSPS) is 20.5. The number of nitrogens with one attached hydrogen (secondary N) is 1. The van der Waals surface area contributed by atoms with Crippen LogP contribution in [0.4, 0.5) is 5.13 Å². The lowest BCUT2D eigenvalue weighted by Gasteiger charge is -2.02. The van der Waals surface area contributed by atoms with E-state index in [4.69, 9.17) is 34.8 Å². The standard InChI is InChI=1S/C17H16Cl3N3OS2/c1-17(2)10(7-12(19)20)13(17)14(24)21-15-22-23-16(26-15)25-8-9-5-3-4-6-11(9)18/h3-7,10,13H,8H2,1-2H3,(H,21,22,24)/t10-,13+/m1/s1. The van der Waals surface area contributed by atoms with E-state index in [-0.39, 0.29) is 27.6 Å². The highest BCUT2D eigenvalue weighted by atomic mass is 35.5. The molecule has 0 radical (unpaired) electrons. The Morgan fingerprint density at radius 1 is 1.35 bits per heavy atom. The van der Waals surface area contributed by atoms with Crippen molar-refractivity contribution < 1.29 is 4.79 Å². The van der Waals surface area contributed by atoms with Crippen molar-refractivity contribution in [3.05, 3.63) is 45.4 Å². The molecule has 0 aliphatic heterocycles. The van der Waals surface area contributed by atoms with Crippen molar-refractivity contribution in [2.45, 2.75) is 23.9 Å². The molecule has 138 valence electrons. The number of hydrogen-bond donors (Lipinski definition) is 1. The molecular formula is C17H16Cl3N3OS2. The van der Waals surface area contributed by atoms with Crippen molar-refractivity contribution in [1.82, 2.24) is 10.2 Å². The molecule has 4 nitrogen and oxygen atoms in total. The lowest BCUT2D eigenvalue weighted by molar-refractivity contribution is -0.118. The fraction of sp³-hybridized carbons (Fsp3) is 0.353. The van der Waals surface area contributed by atoms with Gasteiger partial charge in [-0.25, -0.2) is 0 Å². The number of rotatable bonds is 6. The minimum atomic E-state index is -0.182. The summed E-state index contributed by atoms with van der Waals surface area (Å²) in [5, 5.41) is 12.2. The van der Waals surface area contributed by atoms with Gasteiger partial charge in [-0.3, -0.25) is 4.79 Å². The number of hydrogen-bond acceptors (Lipinski definition) is 5. The second-order valence-corrected chi connectivity index (χ2v) is 10.1. The second kappa shape index (κ2) is 8.07. The summed E-state index contributed by atoms with van der Waals surface area (Å²) in [6.07, 6.45) is 1.72. The number of nitrogens with zero attached hydrogens (tertiary/aromatic N) is 2. The molecule has 1 aromatic heterocycles. The molecule has 1 aromatic carbocycles. The summed E-state index contributed by atoms with van der Waals surface area (Å²) in [5.74, 6) is 0.441. The first-order chi connectivity index (χ1) is 12.3. The van der Waals surface area contributed by atoms with Crippen LogP contribution in [0.1, 0.15) is 19.4 Å². The molecule has 3 rings (SSSR count). The predicted octanol–water partition coefficient (Wildman–Crippen LogP) is 6.01. The molecular weight excluding hydrogens is 433 g/mol. The Hall–Kier alpha value is -0.790. The van der Waals surface area contributed by atoms with Gasteiger partial charge in [0.1, 0.15) is 4.49 Å². The summed E-state index contributed by atoms with van der Waals surface area (Å²) in [4.78, 5) is 12.5. The van der Waals surface area contributed by atoms with Crippen molar-refractivity contribution in [3.63, 3.8) is 0 Å². The second-order valence-electron chi connectivity index (χ2n) is 6.52. The molecule has 1 amide bonds. The minimum Gasteiger partial charge on any atom is -0.300 e. The van der Waals surface area contributed by atoms with E-state index < -0.39 is 0 Å². The Kier molecular flexibility index (Phi) is 6.19. The number of allylic oxidation sites excluding steroid dienone is 1. The molecule has 9 heteroatoms. The van der Waals surface area contributed by atoms with Crippen molar-refractivity contribution in [3.8, 4) is 0 Å². The summed E-state index contributed by atoms with van der Waals surface area (Å²) in [6, 6.07) is 7.68. The van der Waals surface area contributed by atoms with Crippen LogP contribution >= 0.6 is 57.9 Å². The molecule has 0 bridgehead atoms. The van der Waals surface area contributed by atoms with Crippen LogP contribution in [0.3, 0.4) is 0 Å². The smallest absolute Gasteiger partial charge is 0.230 e. The van der Waals surface area contributed by atoms with Gasteiger partial charge in [0.25, 0.3) is 0 Å². The Morgan fingerprint density at radius 2 is 2.08 bits per heavy atom. The molecule has 0 saturated heterocycles. The summed E-state index contributed by atoms with van der Waals surface area (Å²) in [7, 11) is 0. The van der Waals surface area contributed by atoms with E-state index in [9.17, 15) is 4.79 Å². The van der Waals surface area contributed by atoms with Crippen LogP contribution in [0.25, 0.3) is 0 Å². The van der Waals surface area contributed by atoms with Crippen LogP contribution in [-0.2, 0) is 10.5 Å². The Bertz CT molecular complexity index is 849. The zero-order valence-electron chi connectivity index (χ0n) is 14.0. The summed E-state index contributed by atoms with van der Waals surface area (Å²) in [6.45, 7) is 4.03. The number of carbonyl (C=O) groups excluding carboxylic acids is 1.